The van der Waals surface area contributed by atoms with Gasteiger partial charge in [-0.1, -0.05) is 46.3 Å². The van der Waals surface area contributed by atoms with E-state index in [4.69, 9.17) is 4.74 Å². The zero-order chi connectivity index (χ0) is 21.8. The molecule has 0 unspecified atom stereocenters. The van der Waals surface area contributed by atoms with Gasteiger partial charge < -0.3 is 9.64 Å². The molecule has 1 saturated heterocycles. The first-order chi connectivity index (χ1) is 15.1. The number of benzene rings is 2. The van der Waals surface area contributed by atoms with Crippen molar-refractivity contribution in [2.45, 2.75) is 0 Å². The van der Waals surface area contributed by atoms with Gasteiger partial charge in [0.1, 0.15) is 10.7 Å². The second kappa shape index (κ2) is 9.43. The second-order valence-corrected chi connectivity index (χ2v) is 8.78. The van der Waals surface area contributed by atoms with Gasteiger partial charge in [0.25, 0.3) is 11.5 Å². The molecule has 0 bridgehead atoms. The molecule has 8 heteroatoms. The number of morpholine rings is 1. The highest BCUT2D eigenvalue weighted by molar-refractivity contribution is 9.10. The van der Waals surface area contributed by atoms with Crippen molar-refractivity contribution < 1.29 is 9.53 Å². The fourth-order valence-electron chi connectivity index (χ4n) is 3.32. The van der Waals surface area contributed by atoms with Crippen LogP contribution in [0.5, 0.6) is 0 Å². The van der Waals surface area contributed by atoms with Crippen molar-refractivity contribution in [1.82, 2.24) is 9.47 Å². The van der Waals surface area contributed by atoms with Gasteiger partial charge in [0.2, 0.25) is 0 Å². The summed E-state index contributed by atoms with van der Waals surface area (Å²) in [6, 6.07) is 18.7. The standard InChI is InChI=1S/C23H18BrN3O3S/c24-17-6-4-5-16(13-17)14-20-22(29)27(18-7-2-1-3-8-18)23(31-20)19(15-25)21(28)26-9-11-30-12-10-26/h1-8,13-14H,9-12H2. The summed E-state index contributed by atoms with van der Waals surface area (Å²) in [7, 11) is 0. The number of nitriles is 1. The Morgan fingerprint density at radius 3 is 2.55 bits per heavy atom. The predicted molar refractivity (Wildman–Crippen MR) is 123 cm³/mol. The van der Waals surface area contributed by atoms with Crippen molar-refractivity contribution in [3.8, 4) is 11.8 Å². The molecule has 0 saturated carbocycles. The highest BCUT2D eigenvalue weighted by Crippen LogP contribution is 2.12. The smallest absolute Gasteiger partial charge is 0.273 e. The summed E-state index contributed by atoms with van der Waals surface area (Å²) in [5.74, 6) is -0.384. The number of amides is 1. The fraction of sp³-hybridized carbons (Fsp3) is 0.174. The number of aromatic nitrogens is 1. The number of carbonyl (C=O) groups excluding carboxylic acids is 1. The first-order valence-corrected chi connectivity index (χ1v) is 11.3. The van der Waals surface area contributed by atoms with Gasteiger partial charge in [-0.3, -0.25) is 14.2 Å². The minimum absolute atomic E-state index is 0.0401. The van der Waals surface area contributed by atoms with Crippen LogP contribution in [0, 0.1) is 11.3 Å². The average Bonchev–Trinajstić information content (AvgIpc) is 3.11. The van der Waals surface area contributed by atoms with Gasteiger partial charge in [-0.2, -0.15) is 5.26 Å². The van der Waals surface area contributed by atoms with Crippen LogP contribution in [-0.4, -0.2) is 41.7 Å². The summed E-state index contributed by atoms with van der Waals surface area (Å²) < 4.78 is 8.43. The van der Waals surface area contributed by atoms with Gasteiger partial charge >= 0.3 is 0 Å². The van der Waals surface area contributed by atoms with Gasteiger partial charge in [-0.05, 0) is 35.9 Å². The highest BCUT2D eigenvalue weighted by atomic mass is 79.9. The van der Waals surface area contributed by atoms with Crippen LogP contribution in [-0.2, 0) is 9.53 Å². The molecule has 6 nitrogen and oxygen atoms in total. The number of hydrogen-bond acceptors (Lipinski definition) is 5. The Morgan fingerprint density at radius 1 is 1.13 bits per heavy atom. The number of ether oxygens (including phenoxy) is 1. The quantitative estimate of drug-likeness (QED) is 0.556. The molecular weight excluding hydrogens is 478 g/mol. The van der Waals surface area contributed by atoms with E-state index >= 15 is 0 Å². The van der Waals surface area contributed by atoms with Crippen molar-refractivity contribution in [1.29, 1.82) is 5.26 Å². The molecule has 0 radical (unpaired) electrons. The van der Waals surface area contributed by atoms with Crippen molar-refractivity contribution >= 4 is 44.8 Å². The average molecular weight is 496 g/mol. The van der Waals surface area contributed by atoms with E-state index in [-0.39, 0.29) is 17.0 Å². The van der Waals surface area contributed by atoms with E-state index in [9.17, 15) is 14.9 Å². The lowest BCUT2D eigenvalue weighted by Crippen LogP contribution is -2.42. The van der Waals surface area contributed by atoms with Gasteiger partial charge in [-0.25, -0.2) is 0 Å². The van der Waals surface area contributed by atoms with Gasteiger partial charge in [0.05, 0.1) is 23.4 Å². The SMILES string of the molecule is N#CC(C(=O)N1CCOCC1)=c1sc(=Cc2cccc(Br)c2)c(=O)n1-c1ccccc1. The third kappa shape index (κ3) is 4.54. The fourth-order valence-corrected chi connectivity index (χ4v) is 4.83. The van der Waals surface area contributed by atoms with Gasteiger partial charge in [0, 0.05) is 17.6 Å². The van der Waals surface area contributed by atoms with E-state index in [0.717, 1.165) is 21.4 Å². The van der Waals surface area contributed by atoms with E-state index in [2.05, 4.69) is 22.0 Å². The number of para-hydroxylation sites is 1. The predicted octanol–water partition coefficient (Wildman–Crippen LogP) is 2.02. The molecule has 1 amide bonds. The molecule has 0 N–H and O–H groups in total. The number of hydrogen-bond donors (Lipinski definition) is 0. The summed E-state index contributed by atoms with van der Waals surface area (Å²) in [4.78, 5) is 28.1. The number of rotatable bonds is 3. The van der Waals surface area contributed by atoms with Crippen LogP contribution in [0.2, 0.25) is 0 Å². The monoisotopic (exact) mass is 495 g/mol. The first kappa shape index (κ1) is 21.2. The summed E-state index contributed by atoms with van der Waals surface area (Å²) in [6.07, 6.45) is 1.77. The second-order valence-electron chi connectivity index (χ2n) is 6.84. The third-order valence-corrected chi connectivity index (χ3v) is 6.41. The minimum atomic E-state index is -0.384. The Bertz CT molecular complexity index is 1330. The first-order valence-electron chi connectivity index (χ1n) is 9.64. The number of carbonyl (C=O) groups is 1. The van der Waals surface area contributed by atoms with E-state index in [1.165, 1.54) is 4.57 Å². The molecule has 4 rings (SSSR count). The maximum Gasteiger partial charge on any atom is 0.273 e. The van der Waals surface area contributed by atoms with Crippen LogP contribution in [0.15, 0.2) is 63.9 Å². The molecule has 0 spiro atoms. The number of nitrogens with zero attached hydrogens (tertiary/aromatic N) is 3. The Morgan fingerprint density at radius 2 is 1.87 bits per heavy atom. The van der Waals surface area contributed by atoms with Crippen molar-refractivity contribution in [3.05, 3.63) is 84.2 Å². The lowest BCUT2D eigenvalue weighted by Gasteiger charge is -2.26. The van der Waals surface area contributed by atoms with Crippen LogP contribution >= 0.6 is 27.3 Å². The molecule has 1 aromatic heterocycles. The largest absolute Gasteiger partial charge is 0.378 e. The lowest BCUT2D eigenvalue weighted by atomic mass is 10.2. The molecule has 3 aromatic rings. The maximum atomic E-state index is 13.4. The van der Waals surface area contributed by atoms with E-state index < -0.39 is 0 Å². The summed E-state index contributed by atoms with van der Waals surface area (Å²) in [5.41, 5.74) is 1.14. The van der Waals surface area contributed by atoms with Gasteiger partial charge in [-0.15, -0.1) is 11.3 Å². The Kier molecular flexibility index (Phi) is 6.47. The Labute approximate surface area is 191 Å². The molecular formula is C23H18BrN3O3S. The molecule has 0 atom stereocenters. The van der Waals surface area contributed by atoms with Crippen LogP contribution in [0.3, 0.4) is 0 Å². The molecule has 156 valence electrons. The summed E-state index contributed by atoms with van der Waals surface area (Å²) in [5, 5.41) is 9.89. The third-order valence-electron chi connectivity index (χ3n) is 4.82. The maximum absolute atomic E-state index is 13.4. The molecule has 1 aliphatic heterocycles. The lowest BCUT2D eigenvalue weighted by molar-refractivity contribution is -0.128. The molecule has 1 fully saturated rings. The number of halogens is 1. The van der Waals surface area contributed by atoms with Crippen LogP contribution in [0.1, 0.15) is 5.56 Å². The zero-order valence-electron chi connectivity index (χ0n) is 16.5. The van der Waals surface area contributed by atoms with E-state index in [1.54, 1.807) is 23.1 Å². The number of thiazole rings is 1. The van der Waals surface area contributed by atoms with Crippen molar-refractivity contribution in [2.75, 3.05) is 26.3 Å². The van der Waals surface area contributed by atoms with Crippen molar-refractivity contribution in [2.24, 2.45) is 0 Å². The molecule has 2 aromatic carbocycles. The summed E-state index contributed by atoms with van der Waals surface area (Å²) >= 11 is 4.59. The van der Waals surface area contributed by atoms with Crippen molar-refractivity contribution in [3.63, 3.8) is 0 Å². The Balaban J connectivity index is 1.98. The summed E-state index contributed by atoms with van der Waals surface area (Å²) in [6.45, 7) is 1.70. The van der Waals surface area contributed by atoms with Crippen LogP contribution in [0.4, 0.5) is 0 Å². The van der Waals surface area contributed by atoms with Gasteiger partial charge in [0.15, 0.2) is 5.57 Å². The van der Waals surface area contributed by atoms with E-state index in [1.807, 2.05) is 42.5 Å². The zero-order valence-corrected chi connectivity index (χ0v) is 18.9. The van der Waals surface area contributed by atoms with E-state index in [0.29, 0.717) is 41.2 Å². The normalized spacial score (nSPS) is 15.5. The van der Waals surface area contributed by atoms with Crippen LogP contribution in [0.25, 0.3) is 17.3 Å². The topological polar surface area (TPSA) is 75.3 Å². The highest BCUT2D eigenvalue weighted by Gasteiger charge is 2.23. The molecule has 1 aliphatic rings. The minimum Gasteiger partial charge on any atom is -0.378 e. The molecule has 2 heterocycles. The van der Waals surface area contributed by atoms with Crippen LogP contribution < -0.4 is 14.8 Å². The Hall–Kier alpha value is -2.99. The molecule has 0 aliphatic carbocycles. The molecule has 31 heavy (non-hydrogen) atoms.